The van der Waals surface area contributed by atoms with Crippen molar-refractivity contribution in [2.75, 3.05) is 11.9 Å². The molecule has 0 bridgehead atoms. The summed E-state index contributed by atoms with van der Waals surface area (Å²) in [6, 6.07) is 24.1. The van der Waals surface area contributed by atoms with Gasteiger partial charge >= 0.3 is 11.9 Å². The number of hydrogen-bond acceptors (Lipinski definition) is 7. The Morgan fingerprint density at radius 2 is 1.43 bits per heavy atom. The van der Waals surface area contributed by atoms with Crippen LogP contribution in [0.1, 0.15) is 74.3 Å². The smallest absolute Gasteiger partial charge is 0.320 e. The summed E-state index contributed by atoms with van der Waals surface area (Å²) >= 11 is 0. The van der Waals surface area contributed by atoms with Crippen molar-refractivity contribution >= 4 is 23.5 Å². The summed E-state index contributed by atoms with van der Waals surface area (Å²) < 4.78 is 16.0. The molecule has 4 aromatic rings. The zero-order valence-electron chi connectivity index (χ0n) is 29.0. The van der Waals surface area contributed by atoms with Gasteiger partial charge in [-0.05, 0) is 85.7 Å². The summed E-state index contributed by atoms with van der Waals surface area (Å²) in [7, 11) is 0. The van der Waals surface area contributed by atoms with Crippen LogP contribution >= 0.6 is 0 Å². The lowest BCUT2D eigenvalue weighted by atomic mass is 9.94. The van der Waals surface area contributed by atoms with Gasteiger partial charge in [-0.3, -0.25) is 14.4 Å². The minimum Gasteiger partial charge on any atom is -0.481 e. The molecule has 0 aliphatic heterocycles. The fraction of sp³-hybridized carbons (Fsp3) is 0.359. The molecule has 0 saturated carbocycles. The number of nitrogens with zero attached hydrogens (tertiary/aromatic N) is 1. The molecule has 0 fully saturated rings. The summed E-state index contributed by atoms with van der Waals surface area (Å²) in [5.74, 6) is -2.87. The quantitative estimate of drug-likeness (QED) is 0.0660. The topological polar surface area (TPSA) is 201 Å². The van der Waals surface area contributed by atoms with E-state index in [1.807, 2.05) is 79.1 Å². The summed E-state index contributed by atoms with van der Waals surface area (Å²) in [6.45, 7) is 4.86. The van der Waals surface area contributed by atoms with Crippen molar-refractivity contribution in [2.24, 2.45) is 11.5 Å². The first-order valence-corrected chi connectivity index (χ1v) is 17.0. The van der Waals surface area contributed by atoms with Crippen molar-refractivity contribution in [3.8, 4) is 22.4 Å². The predicted molar refractivity (Wildman–Crippen MR) is 196 cm³/mol. The van der Waals surface area contributed by atoms with Gasteiger partial charge in [0.15, 0.2) is 0 Å². The number of hydrogen-bond donors (Lipinski definition) is 7. The molecule has 0 aliphatic carbocycles. The number of nitrogens with one attached hydrogen (secondary N) is 1. The van der Waals surface area contributed by atoms with Gasteiger partial charge in [0.1, 0.15) is 11.9 Å². The maximum Gasteiger partial charge on any atom is 0.320 e. The number of nitrogens with two attached hydrogens (primary N) is 2. The van der Waals surface area contributed by atoms with E-state index in [9.17, 15) is 29.0 Å². The van der Waals surface area contributed by atoms with Gasteiger partial charge in [-0.1, -0.05) is 68.8 Å². The number of carbonyl (C=O) groups is 3. The van der Waals surface area contributed by atoms with Crippen LogP contribution in [0.2, 0.25) is 0 Å². The Morgan fingerprint density at radius 1 is 0.824 bits per heavy atom. The van der Waals surface area contributed by atoms with Crippen LogP contribution in [0.4, 0.5) is 10.1 Å². The first-order valence-electron chi connectivity index (χ1n) is 17.0. The second-order valence-electron chi connectivity index (χ2n) is 12.6. The highest BCUT2D eigenvalue weighted by molar-refractivity contribution is 6.12. The maximum atomic E-state index is 14.0. The van der Waals surface area contributed by atoms with Crippen LogP contribution in [0.15, 0.2) is 84.9 Å². The lowest BCUT2D eigenvalue weighted by molar-refractivity contribution is -0.140. The number of aromatic nitrogens is 1. The van der Waals surface area contributed by atoms with Gasteiger partial charge in [-0.25, -0.2) is 4.39 Å². The van der Waals surface area contributed by atoms with Gasteiger partial charge in [-0.2, -0.15) is 0 Å². The molecule has 0 radical (unpaired) electrons. The Bertz CT molecular complexity index is 1700. The Balaban J connectivity index is 0.000000612. The maximum absolute atomic E-state index is 14.0. The average molecular weight is 705 g/mol. The number of carboxylic acid groups (broad SMARTS) is 2. The van der Waals surface area contributed by atoms with Crippen LogP contribution in [0.25, 0.3) is 22.4 Å². The van der Waals surface area contributed by atoms with Crippen molar-refractivity contribution in [3.05, 3.63) is 102 Å². The molecule has 51 heavy (non-hydrogen) atoms. The molecule has 1 aromatic heterocycles. The summed E-state index contributed by atoms with van der Waals surface area (Å²) in [5.41, 5.74) is 15.2. The number of para-hydroxylation sites is 1. The summed E-state index contributed by atoms with van der Waals surface area (Å²) in [4.78, 5) is 35.2. The van der Waals surface area contributed by atoms with E-state index in [0.717, 1.165) is 24.1 Å². The van der Waals surface area contributed by atoms with Crippen molar-refractivity contribution in [2.45, 2.75) is 83.1 Å². The minimum absolute atomic E-state index is 0.0939. The number of aliphatic hydroxyl groups is 2. The molecule has 3 atom stereocenters. The number of benzene rings is 3. The number of rotatable bonds is 17. The Labute approximate surface area is 297 Å². The highest BCUT2D eigenvalue weighted by Crippen LogP contribution is 2.42. The number of halogens is 1. The van der Waals surface area contributed by atoms with E-state index in [1.54, 1.807) is 12.1 Å². The summed E-state index contributed by atoms with van der Waals surface area (Å²) in [5, 5.41) is 41.1. The minimum atomic E-state index is -1.18. The van der Waals surface area contributed by atoms with Crippen LogP contribution < -0.4 is 16.8 Å². The molecule has 0 aliphatic rings. The molecular formula is C39H49FN4O7. The normalized spacial score (nSPS) is 12.8. The van der Waals surface area contributed by atoms with Crippen LogP contribution in [0, 0.1) is 5.82 Å². The number of amides is 1. The molecule has 3 aromatic carbocycles. The Hall–Kier alpha value is -4.88. The van der Waals surface area contributed by atoms with E-state index in [-0.39, 0.29) is 37.0 Å². The first-order chi connectivity index (χ1) is 24.3. The number of carbonyl (C=O) groups excluding carboxylic acids is 1. The number of anilines is 1. The molecule has 0 spiro atoms. The van der Waals surface area contributed by atoms with Crippen molar-refractivity contribution in [1.82, 2.24) is 4.57 Å². The van der Waals surface area contributed by atoms with Crippen molar-refractivity contribution < 1.29 is 39.2 Å². The van der Waals surface area contributed by atoms with Gasteiger partial charge in [-0.15, -0.1) is 0 Å². The Morgan fingerprint density at radius 3 is 1.98 bits per heavy atom. The van der Waals surface area contributed by atoms with Crippen LogP contribution in [-0.4, -0.2) is 67.6 Å². The first kappa shape index (κ1) is 40.5. The third-order valence-electron chi connectivity index (χ3n) is 8.22. The van der Waals surface area contributed by atoms with E-state index in [1.165, 1.54) is 12.1 Å². The van der Waals surface area contributed by atoms with Crippen LogP contribution in [-0.2, 0) is 16.1 Å². The van der Waals surface area contributed by atoms with Gasteiger partial charge in [0.2, 0.25) is 0 Å². The fourth-order valence-electron chi connectivity index (χ4n) is 5.84. The van der Waals surface area contributed by atoms with E-state index < -0.39 is 36.6 Å². The predicted octanol–water partition coefficient (Wildman–Crippen LogP) is 5.84. The molecule has 11 nitrogen and oxygen atoms in total. The molecule has 1 heterocycles. The van der Waals surface area contributed by atoms with Gasteiger partial charge in [0.05, 0.1) is 29.9 Å². The Kier molecular flexibility index (Phi) is 16.0. The van der Waals surface area contributed by atoms with Gasteiger partial charge in [0, 0.05) is 23.5 Å². The molecule has 4 rings (SSSR count). The molecule has 1 amide bonds. The molecular weight excluding hydrogens is 655 g/mol. The molecule has 1 unspecified atom stereocenters. The number of carboxylic acids is 2. The number of aliphatic carboxylic acids is 2. The second kappa shape index (κ2) is 20.1. The summed E-state index contributed by atoms with van der Waals surface area (Å²) in [6.07, 6.45) is -0.343. The van der Waals surface area contributed by atoms with Gasteiger partial charge in [0.25, 0.3) is 5.91 Å². The largest absolute Gasteiger partial charge is 0.481 e. The highest BCUT2D eigenvalue weighted by atomic mass is 19.1. The zero-order chi connectivity index (χ0) is 37.5. The van der Waals surface area contributed by atoms with Crippen LogP contribution in [0.3, 0.4) is 0 Å². The lowest BCUT2D eigenvalue weighted by Crippen LogP contribution is -2.29. The lowest BCUT2D eigenvalue weighted by Gasteiger charge is -2.20. The van der Waals surface area contributed by atoms with E-state index in [2.05, 4.69) is 5.32 Å². The fourth-order valence-corrected chi connectivity index (χ4v) is 5.84. The van der Waals surface area contributed by atoms with Crippen molar-refractivity contribution in [3.63, 3.8) is 0 Å². The molecule has 0 saturated heterocycles. The van der Waals surface area contributed by atoms with Crippen molar-refractivity contribution in [1.29, 1.82) is 0 Å². The third-order valence-corrected chi connectivity index (χ3v) is 8.22. The standard InChI is InChI=1S/C33H35FN2O5.C6H14N2O2/c1-21(2)31-30(33(41)35-25-11-7-4-8-12-25)29(22-9-5-3-6-10-22)32(23-13-15-24(34)16-14-23)36(31)18-17-26(37)19-27(38)20-28(39)40;7-4-2-1-3-5(8)6(9)10/h3-16,21,26-27,37-38H,17-20H2,1-2H3,(H,35,41)(H,39,40);5H,1-4,7-8H2,(H,9,10)/t26-,27-;/m1./s1. The van der Waals surface area contributed by atoms with E-state index >= 15 is 0 Å². The monoisotopic (exact) mass is 704 g/mol. The average Bonchev–Trinajstić information content (AvgIpc) is 3.44. The molecule has 12 heteroatoms. The molecule has 274 valence electrons. The highest BCUT2D eigenvalue weighted by Gasteiger charge is 2.31. The number of aliphatic hydroxyl groups excluding tert-OH is 2. The van der Waals surface area contributed by atoms with Gasteiger partial charge < -0.3 is 41.8 Å². The second-order valence-corrected chi connectivity index (χ2v) is 12.6. The third kappa shape index (κ3) is 12.1. The van der Waals surface area contributed by atoms with E-state index in [0.29, 0.717) is 41.0 Å². The zero-order valence-corrected chi connectivity index (χ0v) is 29.0. The van der Waals surface area contributed by atoms with E-state index in [4.69, 9.17) is 21.7 Å². The molecule has 9 N–H and O–H groups in total. The number of unbranched alkanes of at least 4 members (excludes halogenated alkanes) is 1. The van der Waals surface area contributed by atoms with Crippen LogP contribution in [0.5, 0.6) is 0 Å². The SMILES string of the molecule is CC(C)c1c(C(=O)Nc2ccccc2)c(-c2ccccc2)c(-c2ccc(F)cc2)n1CC[C@@H](O)C[C@@H](O)CC(=O)O.NCCCCC(N)C(=O)O.